The molecule has 134 valence electrons. The third-order valence-electron chi connectivity index (χ3n) is 4.02. The maximum atomic E-state index is 13.9. The number of anilines is 1. The Morgan fingerprint density at radius 1 is 1.20 bits per heavy atom. The number of hydrogen-bond acceptors (Lipinski definition) is 5. The highest BCUT2D eigenvalue weighted by Gasteiger charge is 2.26. The van der Waals surface area contributed by atoms with E-state index in [0.717, 1.165) is 5.69 Å². The lowest BCUT2D eigenvalue weighted by Gasteiger charge is -2.36. The molecule has 1 aromatic heterocycles. The normalized spacial score (nSPS) is 15.5. The van der Waals surface area contributed by atoms with Crippen molar-refractivity contribution in [1.29, 1.82) is 0 Å². The zero-order valence-corrected chi connectivity index (χ0v) is 14.5. The molecule has 0 spiro atoms. The molecular formula is C17H21FN4O3. The fourth-order valence-corrected chi connectivity index (χ4v) is 2.79. The predicted octanol–water partition coefficient (Wildman–Crippen LogP) is 2.12. The van der Waals surface area contributed by atoms with Crippen molar-refractivity contribution >= 4 is 22.6 Å². The van der Waals surface area contributed by atoms with E-state index in [9.17, 15) is 14.0 Å². The van der Waals surface area contributed by atoms with Crippen LogP contribution in [0.25, 0.3) is 10.8 Å². The van der Waals surface area contributed by atoms with Gasteiger partial charge in [0.1, 0.15) is 5.60 Å². The number of H-pyrrole nitrogens is 1. The van der Waals surface area contributed by atoms with Gasteiger partial charge in [0.05, 0.1) is 5.39 Å². The number of carbonyl (C=O) groups is 1. The minimum Gasteiger partial charge on any atom is -0.444 e. The summed E-state index contributed by atoms with van der Waals surface area (Å²) in [6, 6.07) is 4.99. The van der Waals surface area contributed by atoms with Crippen LogP contribution in [0.2, 0.25) is 0 Å². The van der Waals surface area contributed by atoms with E-state index in [2.05, 4.69) is 10.2 Å². The van der Waals surface area contributed by atoms with Gasteiger partial charge in [0.25, 0.3) is 5.56 Å². The molecule has 0 bridgehead atoms. The number of hydrogen-bond donors (Lipinski definition) is 1. The molecule has 8 heteroatoms. The standard InChI is InChI=1S/C17H21FN4O3/c1-17(2,3)25-16(24)22-8-6-21(7-9-22)11-4-5-12-13(10-11)14(18)19-20-15(12)23/h4-5,10H,6-9H2,1-3H3,(H,20,23). The smallest absolute Gasteiger partial charge is 0.410 e. The quantitative estimate of drug-likeness (QED) is 0.854. The third kappa shape index (κ3) is 3.72. The molecule has 1 N–H and O–H groups in total. The Labute approximate surface area is 144 Å². The number of halogens is 1. The summed E-state index contributed by atoms with van der Waals surface area (Å²) in [4.78, 5) is 27.5. The monoisotopic (exact) mass is 348 g/mol. The maximum absolute atomic E-state index is 13.9. The van der Waals surface area contributed by atoms with E-state index in [1.807, 2.05) is 25.7 Å². The Kier molecular flexibility index (Phi) is 4.36. The van der Waals surface area contributed by atoms with Crippen molar-refractivity contribution in [2.45, 2.75) is 26.4 Å². The van der Waals surface area contributed by atoms with Gasteiger partial charge in [-0.1, -0.05) is 0 Å². The average Bonchev–Trinajstić information content (AvgIpc) is 2.57. The Hall–Kier alpha value is -2.64. The molecular weight excluding hydrogens is 327 g/mol. The molecule has 1 aliphatic rings. The molecule has 0 atom stereocenters. The topological polar surface area (TPSA) is 78.5 Å². The van der Waals surface area contributed by atoms with Gasteiger partial charge in [0.15, 0.2) is 0 Å². The lowest BCUT2D eigenvalue weighted by Crippen LogP contribution is -2.50. The average molecular weight is 348 g/mol. The van der Waals surface area contributed by atoms with Gasteiger partial charge < -0.3 is 14.5 Å². The van der Waals surface area contributed by atoms with Crippen LogP contribution < -0.4 is 10.5 Å². The number of nitrogens with one attached hydrogen (secondary N) is 1. The molecule has 2 heterocycles. The lowest BCUT2D eigenvalue weighted by molar-refractivity contribution is 0.0240. The molecule has 1 amide bonds. The fraction of sp³-hybridized carbons (Fsp3) is 0.471. The largest absolute Gasteiger partial charge is 0.444 e. The van der Waals surface area contributed by atoms with Crippen molar-refractivity contribution in [2.75, 3.05) is 31.1 Å². The number of ether oxygens (including phenoxy) is 1. The van der Waals surface area contributed by atoms with E-state index in [4.69, 9.17) is 4.74 Å². The summed E-state index contributed by atoms with van der Waals surface area (Å²) >= 11 is 0. The molecule has 7 nitrogen and oxygen atoms in total. The van der Waals surface area contributed by atoms with Gasteiger partial charge in [-0.2, -0.15) is 4.39 Å². The zero-order valence-electron chi connectivity index (χ0n) is 14.5. The first kappa shape index (κ1) is 17.2. The van der Waals surface area contributed by atoms with Gasteiger partial charge in [-0.25, -0.2) is 9.89 Å². The second-order valence-electron chi connectivity index (χ2n) is 7.03. The number of benzene rings is 1. The third-order valence-corrected chi connectivity index (χ3v) is 4.02. The van der Waals surface area contributed by atoms with Crippen molar-refractivity contribution in [2.24, 2.45) is 0 Å². The number of aromatic amines is 1. The number of amides is 1. The summed E-state index contributed by atoms with van der Waals surface area (Å²) in [6.07, 6.45) is -0.326. The van der Waals surface area contributed by atoms with Gasteiger partial charge in [0.2, 0.25) is 5.95 Å². The van der Waals surface area contributed by atoms with Gasteiger partial charge >= 0.3 is 6.09 Å². The first-order valence-electron chi connectivity index (χ1n) is 8.15. The van der Waals surface area contributed by atoms with Crippen LogP contribution in [0.3, 0.4) is 0 Å². The molecule has 0 unspecified atom stereocenters. The Balaban J connectivity index is 1.73. The molecule has 0 aliphatic carbocycles. The Morgan fingerprint density at radius 3 is 2.52 bits per heavy atom. The van der Waals surface area contributed by atoms with E-state index >= 15 is 0 Å². The Bertz CT molecular complexity index is 851. The van der Waals surface area contributed by atoms with Crippen molar-refractivity contribution in [3.63, 3.8) is 0 Å². The number of piperazine rings is 1. The SMILES string of the molecule is CC(C)(C)OC(=O)N1CCN(c2ccc3c(=O)[nH]nc(F)c3c2)CC1. The van der Waals surface area contributed by atoms with Gasteiger partial charge in [-0.3, -0.25) is 4.79 Å². The van der Waals surface area contributed by atoms with Crippen molar-refractivity contribution in [3.8, 4) is 0 Å². The first-order valence-corrected chi connectivity index (χ1v) is 8.15. The summed E-state index contributed by atoms with van der Waals surface area (Å²) in [6.45, 7) is 7.74. The molecule has 0 saturated carbocycles. The lowest BCUT2D eigenvalue weighted by atomic mass is 10.1. The molecule has 1 aromatic carbocycles. The highest BCUT2D eigenvalue weighted by molar-refractivity contribution is 5.84. The van der Waals surface area contributed by atoms with E-state index in [1.54, 1.807) is 23.1 Å². The maximum Gasteiger partial charge on any atom is 0.410 e. The second kappa shape index (κ2) is 6.34. The highest BCUT2D eigenvalue weighted by atomic mass is 19.1. The predicted molar refractivity (Wildman–Crippen MR) is 92.3 cm³/mol. The fourth-order valence-electron chi connectivity index (χ4n) is 2.79. The molecule has 2 aromatic rings. The van der Waals surface area contributed by atoms with E-state index in [0.29, 0.717) is 26.2 Å². The van der Waals surface area contributed by atoms with Crippen LogP contribution in [0.15, 0.2) is 23.0 Å². The van der Waals surface area contributed by atoms with Crippen molar-refractivity contribution in [1.82, 2.24) is 15.1 Å². The molecule has 1 saturated heterocycles. The van der Waals surface area contributed by atoms with Gasteiger partial charge in [-0.05, 0) is 39.0 Å². The number of nitrogens with zero attached hydrogens (tertiary/aromatic N) is 3. The summed E-state index contributed by atoms with van der Waals surface area (Å²) in [7, 11) is 0. The van der Waals surface area contributed by atoms with E-state index in [1.165, 1.54) is 0 Å². The highest BCUT2D eigenvalue weighted by Crippen LogP contribution is 2.23. The second-order valence-corrected chi connectivity index (χ2v) is 7.03. The van der Waals surface area contributed by atoms with Crippen molar-refractivity contribution < 1.29 is 13.9 Å². The summed E-state index contributed by atoms with van der Waals surface area (Å²) in [5.74, 6) is -0.705. The summed E-state index contributed by atoms with van der Waals surface area (Å²) in [5.41, 5.74) is -0.148. The molecule has 0 radical (unpaired) electrons. The number of aromatic nitrogens is 2. The Morgan fingerprint density at radius 2 is 1.88 bits per heavy atom. The molecule has 25 heavy (non-hydrogen) atoms. The first-order chi connectivity index (χ1) is 11.7. The summed E-state index contributed by atoms with van der Waals surface area (Å²) < 4.78 is 19.2. The van der Waals surface area contributed by atoms with E-state index in [-0.39, 0.29) is 16.9 Å². The molecule has 1 fully saturated rings. The number of rotatable bonds is 1. The van der Waals surface area contributed by atoms with Gasteiger partial charge in [-0.15, -0.1) is 5.10 Å². The van der Waals surface area contributed by atoms with Crippen LogP contribution in [0.4, 0.5) is 14.9 Å². The minimum atomic E-state index is -0.705. The van der Waals surface area contributed by atoms with Crippen LogP contribution in [-0.4, -0.2) is 53.0 Å². The van der Waals surface area contributed by atoms with Crippen LogP contribution in [0, 0.1) is 5.95 Å². The molecule has 3 rings (SSSR count). The zero-order chi connectivity index (χ0) is 18.2. The van der Waals surface area contributed by atoms with Crippen LogP contribution in [-0.2, 0) is 4.74 Å². The number of carbonyl (C=O) groups excluding carboxylic acids is 1. The van der Waals surface area contributed by atoms with Gasteiger partial charge in [0, 0.05) is 37.3 Å². The van der Waals surface area contributed by atoms with Crippen LogP contribution in [0.1, 0.15) is 20.8 Å². The summed E-state index contributed by atoms with van der Waals surface area (Å²) in [5, 5.41) is 5.95. The van der Waals surface area contributed by atoms with Crippen molar-refractivity contribution in [3.05, 3.63) is 34.5 Å². The molecule has 1 aliphatic heterocycles. The number of fused-ring (bicyclic) bond motifs is 1. The van der Waals surface area contributed by atoms with E-state index < -0.39 is 17.1 Å². The van der Waals surface area contributed by atoms with Crippen LogP contribution in [0.5, 0.6) is 0 Å². The minimum absolute atomic E-state index is 0.191. The van der Waals surface area contributed by atoms with Crippen LogP contribution >= 0.6 is 0 Å².